The Morgan fingerprint density at radius 2 is 1.89 bits per heavy atom. The highest BCUT2D eigenvalue weighted by molar-refractivity contribution is 6.46. The van der Waals surface area contributed by atoms with Crippen LogP contribution >= 0.6 is 0 Å². The van der Waals surface area contributed by atoms with E-state index in [2.05, 4.69) is 0 Å². The number of carbonyl (C=O) groups excluding carboxylic acids is 2. The lowest BCUT2D eigenvalue weighted by atomic mass is 9.94. The first-order valence-electron chi connectivity index (χ1n) is 11.4. The van der Waals surface area contributed by atoms with Gasteiger partial charge in [0.05, 0.1) is 36.7 Å². The van der Waals surface area contributed by atoms with Gasteiger partial charge in [0.15, 0.2) is 0 Å². The van der Waals surface area contributed by atoms with E-state index in [-0.39, 0.29) is 17.9 Å². The van der Waals surface area contributed by atoms with Crippen molar-refractivity contribution in [2.45, 2.75) is 12.6 Å². The summed E-state index contributed by atoms with van der Waals surface area (Å²) < 4.78 is 11.2. The number of amides is 1. The maximum absolute atomic E-state index is 13.3. The highest BCUT2D eigenvalue weighted by Gasteiger charge is 2.46. The highest BCUT2D eigenvalue weighted by Crippen LogP contribution is 2.42. The largest absolute Gasteiger partial charge is 0.507 e. The second-order valence-electron chi connectivity index (χ2n) is 8.94. The number of ether oxygens (including phenoxy) is 1. The molecule has 180 valence electrons. The van der Waals surface area contributed by atoms with Crippen LogP contribution in [0.4, 0.5) is 11.4 Å². The zero-order valence-electron chi connectivity index (χ0n) is 19.9. The average molecular weight is 474 g/mol. The van der Waals surface area contributed by atoms with E-state index >= 15 is 0 Å². The molecule has 1 unspecified atom stereocenters. The number of fused-ring (bicyclic) bond motifs is 1. The Kier molecular flexibility index (Phi) is 5.72. The van der Waals surface area contributed by atoms with Gasteiger partial charge in [-0.3, -0.25) is 9.59 Å². The second-order valence-corrected chi connectivity index (χ2v) is 8.94. The van der Waals surface area contributed by atoms with Crippen molar-refractivity contribution in [3.8, 4) is 5.75 Å². The van der Waals surface area contributed by atoms with Crippen molar-refractivity contribution >= 4 is 28.8 Å². The fourth-order valence-electron chi connectivity index (χ4n) is 4.57. The van der Waals surface area contributed by atoms with E-state index in [1.54, 1.807) is 30.3 Å². The fourth-order valence-corrected chi connectivity index (χ4v) is 4.57. The van der Waals surface area contributed by atoms with Crippen molar-refractivity contribution in [2.75, 3.05) is 44.1 Å². The van der Waals surface area contributed by atoms with Crippen LogP contribution in [-0.4, -0.2) is 56.0 Å². The van der Waals surface area contributed by atoms with Crippen LogP contribution in [0, 0.1) is 0 Å². The highest BCUT2D eigenvalue weighted by atomic mass is 16.5. The van der Waals surface area contributed by atoms with Crippen LogP contribution in [0.3, 0.4) is 0 Å². The van der Waals surface area contributed by atoms with E-state index in [1.807, 2.05) is 55.2 Å². The van der Waals surface area contributed by atoms with Crippen molar-refractivity contribution in [1.29, 1.82) is 0 Å². The van der Waals surface area contributed by atoms with Gasteiger partial charge in [-0.2, -0.15) is 0 Å². The Balaban J connectivity index is 1.63. The van der Waals surface area contributed by atoms with E-state index in [1.165, 1.54) is 11.2 Å². The summed E-state index contributed by atoms with van der Waals surface area (Å²) in [4.78, 5) is 31.9. The van der Waals surface area contributed by atoms with Crippen molar-refractivity contribution < 1.29 is 23.8 Å². The molecule has 0 bridgehead atoms. The molecule has 2 aliphatic heterocycles. The van der Waals surface area contributed by atoms with Gasteiger partial charge in [0.2, 0.25) is 0 Å². The molecule has 5 rings (SSSR count). The van der Waals surface area contributed by atoms with E-state index in [0.717, 1.165) is 16.9 Å². The molecule has 3 heterocycles. The van der Waals surface area contributed by atoms with Crippen LogP contribution < -0.4 is 14.5 Å². The predicted octanol–water partition coefficient (Wildman–Crippen LogP) is 3.80. The van der Waals surface area contributed by atoms with Gasteiger partial charge in [-0.05, 0) is 48.0 Å². The van der Waals surface area contributed by atoms with Crippen LogP contribution in [0.2, 0.25) is 0 Å². The zero-order valence-corrected chi connectivity index (χ0v) is 19.9. The molecule has 0 radical (unpaired) electrons. The number of aliphatic hydroxyl groups is 1. The third-order valence-corrected chi connectivity index (χ3v) is 6.50. The number of likely N-dealkylation sites (tertiary alicyclic amines) is 1. The standard InChI is InChI=1S/C27H27N3O5/c1-28(2)19-9-6-17(7-10-19)24-23(26(32)27(33)30(24)16-20-5-4-13-34-20)25(31)18-8-11-22-21(15-18)29(3)12-14-35-22/h4-11,13,15,24,31H,12,14,16H2,1-3H3/b25-23-. The smallest absolute Gasteiger partial charge is 0.296 e. The average Bonchev–Trinajstić information content (AvgIpc) is 3.46. The van der Waals surface area contributed by atoms with Crippen molar-refractivity contribution in [3.05, 3.63) is 83.3 Å². The molecule has 1 amide bonds. The van der Waals surface area contributed by atoms with Gasteiger partial charge in [-0.1, -0.05) is 12.1 Å². The van der Waals surface area contributed by atoms with Gasteiger partial charge < -0.3 is 29.0 Å². The number of ketones is 1. The van der Waals surface area contributed by atoms with Gasteiger partial charge >= 0.3 is 0 Å². The van der Waals surface area contributed by atoms with Crippen LogP contribution in [0.1, 0.15) is 22.9 Å². The summed E-state index contributed by atoms with van der Waals surface area (Å²) in [7, 11) is 5.82. The Morgan fingerprint density at radius 1 is 1.11 bits per heavy atom. The van der Waals surface area contributed by atoms with Gasteiger partial charge in [-0.15, -0.1) is 0 Å². The first-order chi connectivity index (χ1) is 16.8. The number of aliphatic hydroxyl groups excluding tert-OH is 1. The molecular weight excluding hydrogens is 446 g/mol. The normalized spacial score (nSPS) is 19.0. The quantitative estimate of drug-likeness (QED) is 0.343. The summed E-state index contributed by atoms with van der Waals surface area (Å²) in [5, 5.41) is 11.4. The Labute approximate surface area is 203 Å². The van der Waals surface area contributed by atoms with Crippen molar-refractivity contribution in [2.24, 2.45) is 0 Å². The third kappa shape index (κ3) is 4.01. The molecule has 1 atom stereocenters. The lowest BCUT2D eigenvalue weighted by molar-refractivity contribution is -0.140. The summed E-state index contributed by atoms with van der Waals surface area (Å²) in [6, 6.07) is 15.6. The zero-order chi connectivity index (χ0) is 24.7. The Morgan fingerprint density at radius 3 is 2.57 bits per heavy atom. The van der Waals surface area contributed by atoms with Crippen molar-refractivity contribution in [3.63, 3.8) is 0 Å². The molecule has 1 aromatic heterocycles. The monoisotopic (exact) mass is 473 g/mol. The molecule has 0 saturated carbocycles. The molecule has 35 heavy (non-hydrogen) atoms. The molecule has 8 heteroatoms. The summed E-state index contributed by atoms with van der Waals surface area (Å²) in [6.45, 7) is 1.40. The van der Waals surface area contributed by atoms with Gasteiger partial charge in [0.25, 0.3) is 11.7 Å². The summed E-state index contributed by atoms with van der Waals surface area (Å²) in [5.41, 5.74) is 3.03. The number of hydrogen-bond donors (Lipinski definition) is 1. The minimum Gasteiger partial charge on any atom is -0.507 e. The first-order valence-corrected chi connectivity index (χ1v) is 11.4. The van der Waals surface area contributed by atoms with Crippen LogP contribution in [0.5, 0.6) is 5.75 Å². The van der Waals surface area contributed by atoms with Gasteiger partial charge in [0, 0.05) is 32.4 Å². The lowest BCUT2D eigenvalue weighted by Crippen LogP contribution is -2.29. The molecule has 8 nitrogen and oxygen atoms in total. The lowest BCUT2D eigenvalue weighted by Gasteiger charge is -2.28. The number of benzene rings is 2. The van der Waals surface area contributed by atoms with Crippen LogP contribution in [-0.2, 0) is 16.1 Å². The Hall–Kier alpha value is -4.20. The molecule has 2 aromatic carbocycles. The number of carbonyl (C=O) groups is 2. The molecular formula is C27H27N3O5. The third-order valence-electron chi connectivity index (χ3n) is 6.50. The number of anilines is 2. The molecule has 1 saturated heterocycles. The number of likely N-dealkylation sites (N-methyl/N-ethyl adjacent to an activating group) is 1. The summed E-state index contributed by atoms with van der Waals surface area (Å²) in [5.74, 6) is -0.353. The maximum Gasteiger partial charge on any atom is 0.296 e. The van der Waals surface area contributed by atoms with E-state index in [4.69, 9.17) is 9.15 Å². The number of nitrogens with zero attached hydrogens (tertiary/aromatic N) is 3. The van der Waals surface area contributed by atoms with E-state index in [9.17, 15) is 14.7 Å². The molecule has 1 N–H and O–H groups in total. The van der Waals surface area contributed by atoms with Crippen LogP contribution in [0.15, 0.2) is 70.9 Å². The molecule has 1 fully saturated rings. The second kappa shape index (κ2) is 8.87. The summed E-state index contributed by atoms with van der Waals surface area (Å²) >= 11 is 0. The summed E-state index contributed by atoms with van der Waals surface area (Å²) in [6.07, 6.45) is 1.53. The number of Topliss-reactive ketones (excluding diaryl/α,β-unsaturated/α-hetero) is 1. The minimum atomic E-state index is -0.763. The number of rotatable bonds is 5. The fraction of sp³-hybridized carbons (Fsp3) is 0.259. The molecule has 3 aromatic rings. The maximum atomic E-state index is 13.3. The SMILES string of the molecule is CN(C)c1ccc(C2/C(=C(/O)c3ccc4c(c3)N(C)CCO4)C(=O)C(=O)N2Cc2ccco2)cc1. The molecule has 2 aliphatic rings. The predicted molar refractivity (Wildman–Crippen MR) is 133 cm³/mol. The minimum absolute atomic E-state index is 0.0542. The number of hydrogen-bond acceptors (Lipinski definition) is 7. The molecule has 0 spiro atoms. The van der Waals surface area contributed by atoms with Crippen LogP contribution in [0.25, 0.3) is 5.76 Å². The topological polar surface area (TPSA) is 86.5 Å². The van der Waals surface area contributed by atoms with Gasteiger partial charge in [0.1, 0.15) is 23.9 Å². The van der Waals surface area contributed by atoms with Gasteiger partial charge in [-0.25, -0.2) is 0 Å². The van der Waals surface area contributed by atoms with E-state index < -0.39 is 17.7 Å². The number of furan rings is 1. The molecule has 0 aliphatic carbocycles. The van der Waals surface area contributed by atoms with Crippen molar-refractivity contribution in [1.82, 2.24) is 4.90 Å². The van der Waals surface area contributed by atoms with E-state index in [0.29, 0.717) is 30.2 Å². The Bertz CT molecular complexity index is 1290. The first kappa shape index (κ1) is 22.6.